The Bertz CT molecular complexity index is 1330. The highest BCUT2D eigenvalue weighted by molar-refractivity contribution is 5.99. The maximum Gasteiger partial charge on any atom is 0.264 e. The number of ketones is 2. The highest BCUT2D eigenvalue weighted by Gasteiger charge is 2.41. The molecule has 2 N–H and O–H groups in total. The lowest BCUT2D eigenvalue weighted by Gasteiger charge is -2.25. The van der Waals surface area contributed by atoms with Gasteiger partial charge in [0.2, 0.25) is 11.7 Å². The number of Topliss-reactive ketones (excluding diaryl/α,β-unsaturated/α-hetero) is 2. The van der Waals surface area contributed by atoms with Crippen LogP contribution in [0.2, 0.25) is 0 Å². The molecule has 1 saturated heterocycles. The lowest BCUT2D eigenvalue weighted by Crippen LogP contribution is -2.41. The van der Waals surface area contributed by atoms with Crippen LogP contribution in [0.3, 0.4) is 0 Å². The van der Waals surface area contributed by atoms with Gasteiger partial charge in [-0.15, -0.1) is 0 Å². The zero-order valence-electron chi connectivity index (χ0n) is 25.8. The first-order chi connectivity index (χ1) is 21.5. The van der Waals surface area contributed by atoms with Gasteiger partial charge in [0.15, 0.2) is 11.4 Å². The van der Waals surface area contributed by atoms with Crippen LogP contribution in [0.5, 0.6) is 0 Å². The minimum atomic E-state index is -0.593. The number of amides is 1. The van der Waals surface area contributed by atoms with Crippen molar-refractivity contribution in [1.29, 1.82) is 0 Å². The van der Waals surface area contributed by atoms with Crippen LogP contribution in [-0.4, -0.2) is 59.2 Å². The zero-order chi connectivity index (χ0) is 30.7. The Balaban J connectivity index is 1.27. The molecule has 236 valence electrons. The summed E-state index contributed by atoms with van der Waals surface area (Å²) in [7, 11) is 0. The summed E-state index contributed by atoms with van der Waals surface area (Å²) in [5.41, 5.74) is 8.09. The van der Waals surface area contributed by atoms with Crippen molar-refractivity contribution in [1.82, 2.24) is 9.88 Å². The van der Waals surface area contributed by atoms with Crippen LogP contribution in [0.4, 0.5) is 0 Å². The number of ether oxygens (including phenoxy) is 1. The minimum Gasteiger partial charge on any atom is -0.434 e. The van der Waals surface area contributed by atoms with Crippen molar-refractivity contribution in [3.8, 4) is 0 Å². The smallest absolute Gasteiger partial charge is 0.264 e. The second-order valence-electron chi connectivity index (χ2n) is 12.6. The number of rotatable bonds is 16. The quantitative estimate of drug-likeness (QED) is 0.151. The summed E-state index contributed by atoms with van der Waals surface area (Å²) in [6.07, 6.45) is 10.4. The number of para-hydroxylation sites is 2. The maximum atomic E-state index is 14.0. The van der Waals surface area contributed by atoms with Gasteiger partial charge in [-0.25, -0.2) is 4.98 Å². The number of oxazole rings is 1. The summed E-state index contributed by atoms with van der Waals surface area (Å²) in [6.45, 7) is 1.62. The molecule has 8 nitrogen and oxygen atoms in total. The molecule has 0 radical (unpaired) electrons. The van der Waals surface area contributed by atoms with Gasteiger partial charge >= 0.3 is 0 Å². The predicted octanol–water partition coefficient (Wildman–Crippen LogP) is 6.30. The third-order valence-corrected chi connectivity index (χ3v) is 9.28. The van der Waals surface area contributed by atoms with Crippen LogP contribution in [0.15, 0.2) is 59.0 Å². The summed E-state index contributed by atoms with van der Waals surface area (Å²) in [5, 5.41) is 0. The Labute approximate surface area is 260 Å². The largest absolute Gasteiger partial charge is 0.434 e. The van der Waals surface area contributed by atoms with Crippen LogP contribution < -0.4 is 5.73 Å². The van der Waals surface area contributed by atoms with Crippen LogP contribution in [-0.2, 0) is 20.7 Å². The van der Waals surface area contributed by atoms with Crippen LogP contribution in [0.25, 0.3) is 11.1 Å². The highest BCUT2D eigenvalue weighted by atomic mass is 16.5. The Hall–Kier alpha value is -3.36. The summed E-state index contributed by atoms with van der Waals surface area (Å²) < 4.78 is 12.1. The van der Waals surface area contributed by atoms with Gasteiger partial charge in [0.1, 0.15) is 5.52 Å². The molecule has 3 atom stereocenters. The molecule has 5 rings (SSSR count). The number of fused-ring (bicyclic) bond motifs is 1. The number of unbranched alkanes of at least 4 members (excludes halogenated alkanes) is 1. The summed E-state index contributed by atoms with van der Waals surface area (Å²) in [6, 6.07) is 16.8. The lowest BCUT2D eigenvalue weighted by molar-refractivity contribution is -0.138. The topological polar surface area (TPSA) is 116 Å². The van der Waals surface area contributed by atoms with E-state index in [0.29, 0.717) is 62.4 Å². The van der Waals surface area contributed by atoms with Crippen molar-refractivity contribution < 1.29 is 23.5 Å². The first-order valence-corrected chi connectivity index (χ1v) is 16.6. The van der Waals surface area contributed by atoms with Crippen LogP contribution in [0.1, 0.15) is 93.3 Å². The van der Waals surface area contributed by atoms with Crippen molar-refractivity contribution in [3.63, 3.8) is 0 Å². The molecule has 2 aromatic carbocycles. The van der Waals surface area contributed by atoms with Crippen molar-refractivity contribution in [3.05, 3.63) is 66.1 Å². The number of hydrogen-bond donors (Lipinski definition) is 1. The second kappa shape index (κ2) is 16.1. The Morgan fingerprint density at radius 3 is 2.52 bits per heavy atom. The molecule has 2 fully saturated rings. The van der Waals surface area contributed by atoms with E-state index in [2.05, 4.69) is 17.1 Å². The van der Waals surface area contributed by atoms with Crippen LogP contribution >= 0.6 is 0 Å². The fourth-order valence-electron chi connectivity index (χ4n) is 6.75. The SMILES string of the molecule is NCCCC[C@H](CC(=O)[C@@H]1C[C@@H](OCC2CCCCC2)CN1C(=O)CCCc1ccccc1)C(=O)c1nc2ccccc2o1. The Kier molecular flexibility index (Phi) is 11.7. The normalized spacial score (nSPS) is 19.8. The van der Waals surface area contributed by atoms with Crippen molar-refractivity contribution in [2.45, 2.75) is 95.6 Å². The molecule has 0 unspecified atom stereocenters. The predicted molar refractivity (Wildman–Crippen MR) is 170 cm³/mol. The molecule has 1 aromatic heterocycles. The first kappa shape index (κ1) is 32.0. The number of nitrogens with zero attached hydrogens (tertiary/aromatic N) is 2. The first-order valence-electron chi connectivity index (χ1n) is 16.6. The van der Waals surface area contributed by atoms with Gasteiger partial charge in [-0.2, -0.15) is 0 Å². The number of nitrogens with two attached hydrogens (primary N) is 1. The van der Waals surface area contributed by atoms with E-state index < -0.39 is 12.0 Å². The Morgan fingerprint density at radius 2 is 1.75 bits per heavy atom. The molecule has 0 spiro atoms. The number of aromatic nitrogens is 1. The van der Waals surface area contributed by atoms with Crippen molar-refractivity contribution >= 4 is 28.6 Å². The molecule has 0 bridgehead atoms. The zero-order valence-corrected chi connectivity index (χ0v) is 25.8. The number of aryl methyl sites for hydroxylation is 1. The minimum absolute atomic E-state index is 0.0204. The van der Waals surface area contributed by atoms with E-state index in [0.717, 1.165) is 19.3 Å². The van der Waals surface area contributed by atoms with Gasteiger partial charge in [-0.05, 0) is 68.7 Å². The van der Waals surface area contributed by atoms with Gasteiger partial charge in [-0.3, -0.25) is 14.4 Å². The number of hydrogen-bond acceptors (Lipinski definition) is 7. The molecule has 44 heavy (non-hydrogen) atoms. The molecule has 1 aliphatic heterocycles. The number of carbonyl (C=O) groups excluding carboxylic acids is 3. The van der Waals surface area contributed by atoms with E-state index in [-0.39, 0.29) is 35.9 Å². The van der Waals surface area contributed by atoms with Gasteiger partial charge in [0.05, 0.1) is 12.1 Å². The second-order valence-corrected chi connectivity index (χ2v) is 12.6. The number of benzene rings is 2. The molecular weight excluding hydrogens is 554 g/mol. The van der Waals surface area contributed by atoms with Gasteiger partial charge in [-0.1, -0.05) is 68.1 Å². The lowest BCUT2D eigenvalue weighted by atomic mass is 9.89. The van der Waals surface area contributed by atoms with Crippen molar-refractivity contribution in [2.24, 2.45) is 17.6 Å². The average Bonchev–Trinajstić information content (AvgIpc) is 3.69. The fourth-order valence-corrected chi connectivity index (χ4v) is 6.75. The Morgan fingerprint density at radius 1 is 0.977 bits per heavy atom. The molecule has 3 aromatic rings. The third kappa shape index (κ3) is 8.63. The molecule has 2 aliphatic rings. The molecule has 1 saturated carbocycles. The van der Waals surface area contributed by atoms with E-state index in [1.165, 1.54) is 37.7 Å². The molecule has 1 amide bonds. The maximum absolute atomic E-state index is 14.0. The highest BCUT2D eigenvalue weighted by Crippen LogP contribution is 2.30. The van der Waals surface area contributed by atoms with Crippen LogP contribution in [0, 0.1) is 11.8 Å². The van der Waals surface area contributed by atoms with Gasteiger partial charge < -0.3 is 19.8 Å². The molecule has 2 heterocycles. The molecule has 8 heteroatoms. The number of likely N-dealkylation sites (tertiary alicyclic amines) is 1. The van der Waals surface area contributed by atoms with E-state index in [1.807, 2.05) is 30.3 Å². The van der Waals surface area contributed by atoms with Crippen molar-refractivity contribution in [2.75, 3.05) is 19.7 Å². The van der Waals surface area contributed by atoms with E-state index in [9.17, 15) is 14.4 Å². The monoisotopic (exact) mass is 601 g/mol. The third-order valence-electron chi connectivity index (χ3n) is 9.28. The summed E-state index contributed by atoms with van der Waals surface area (Å²) in [5.74, 6) is -0.379. The van der Waals surface area contributed by atoms with E-state index >= 15 is 0 Å². The molecular formula is C36H47N3O5. The van der Waals surface area contributed by atoms with E-state index in [4.69, 9.17) is 14.9 Å². The summed E-state index contributed by atoms with van der Waals surface area (Å²) >= 11 is 0. The molecule has 1 aliphatic carbocycles. The fraction of sp³-hybridized carbons (Fsp3) is 0.556. The summed E-state index contributed by atoms with van der Waals surface area (Å²) in [4.78, 5) is 47.3. The average molecular weight is 602 g/mol. The van der Waals surface area contributed by atoms with Gasteiger partial charge in [0.25, 0.3) is 5.89 Å². The standard InChI is InChI=1S/C36H47N3O5/c37-21-10-9-17-28(35(42)36-38-30-18-7-8-19-33(30)44-36)22-32(40)31-23-29(43-25-27-14-5-2-6-15-27)24-39(31)34(41)20-11-16-26-12-3-1-4-13-26/h1,3-4,7-8,12-13,18-19,27-29,31H,2,5-6,9-11,14-17,20-25,37H2/t28-,29-,31+/m1/s1. The van der Waals surface area contributed by atoms with Gasteiger partial charge in [0, 0.05) is 38.3 Å². The number of carbonyl (C=O) groups is 3. The van der Waals surface area contributed by atoms with E-state index in [1.54, 1.807) is 17.0 Å².